The van der Waals surface area contributed by atoms with Gasteiger partial charge in [-0.3, -0.25) is 14.3 Å². The highest BCUT2D eigenvalue weighted by molar-refractivity contribution is 7.92. The molecular weight excluding hydrogens is 442 g/mol. The second-order valence-electron chi connectivity index (χ2n) is 7.91. The quantitative estimate of drug-likeness (QED) is 0.473. The van der Waals surface area contributed by atoms with Crippen molar-refractivity contribution < 1.29 is 22.5 Å². The lowest BCUT2D eigenvalue weighted by Crippen LogP contribution is -2.14. The van der Waals surface area contributed by atoms with E-state index in [9.17, 15) is 18.0 Å². The number of aromatic nitrogens is 1. The normalized spacial score (nSPS) is 13.8. The lowest BCUT2D eigenvalue weighted by molar-refractivity contribution is -0.117. The summed E-state index contributed by atoms with van der Waals surface area (Å²) in [4.78, 5) is 23.5. The predicted molar refractivity (Wildman–Crippen MR) is 125 cm³/mol. The summed E-state index contributed by atoms with van der Waals surface area (Å²) in [6.07, 6.45) is 5.22. The van der Waals surface area contributed by atoms with Gasteiger partial charge in [0.05, 0.1) is 4.90 Å². The van der Waals surface area contributed by atoms with E-state index < -0.39 is 10.0 Å². The highest BCUT2D eigenvalue weighted by atomic mass is 32.2. The number of carbonyl (C=O) groups is 2. The summed E-state index contributed by atoms with van der Waals surface area (Å²) in [6, 6.07) is 12.5. The molecule has 4 rings (SSSR count). The Labute approximate surface area is 191 Å². The summed E-state index contributed by atoms with van der Waals surface area (Å²) < 4.78 is 33.1. The van der Waals surface area contributed by atoms with Crippen molar-refractivity contribution in [1.29, 1.82) is 0 Å². The summed E-state index contributed by atoms with van der Waals surface area (Å²) in [5, 5.41) is 6.78. The van der Waals surface area contributed by atoms with Crippen molar-refractivity contribution in [2.75, 3.05) is 10.0 Å². The molecule has 2 N–H and O–H groups in total. The molecule has 1 aliphatic rings. The topological polar surface area (TPSA) is 118 Å². The van der Waals surface area contributed by atoms with Gasteiger partial charge < -0.3 is 9.84 Å². The van der Waals surface area contributed by atoms with Crippen LogP contribution >= 0.6 is 0 Å². The first-order chi connectivity index (χ1) is 15.7. The largest absolute Gasteiger partial charge is 0.354 e. The third-order valence-corrected chi connectivity index (χ3v) is 6.64. The van der Waals surface area contributed by atoms with E-state index in [0.717, 1.165) is 18.4 Å². The number of hydrogen-bond donors (Lipinski definition) is 2. The molecule has 0 spiro atoms. The number of Topliss-reactive ketones (excluding diaryl/α,β-unsaturated/α-hetero) is 1. The lowest BCUT2D eigenvalue weighted by atomic mass is 10.1. The van der Waals surface area contributed by atoms with Gasteiger partial charge in [-0.25, -0.2) is 8.42 Å². The van der Waals surface area contributed by atoms with Crippen LogP contribution in [0.4, 0.5) is 11.4 Å². The van der Waals surface area contributed by atoms with Gasteiger partial charge >= 0.3 is 0 Å². The molecule has 0 aliphatic heterocycles. The maximum atomic E-state index is 12.7. The molecule has 1 saturated carbocycles. The van der Waals surface area contributed by atoms with Gasteiger partial charge in [0, 0.05) is 17.2 Å². The van der Waals surface area contributed by atoms with E-state index in [1.807, 2.05) is 0 Å². The number of hydrogen-bond acceptors (Lipinski definition) is 6. The van der Waals surface area contributed by atoms with Gasteiger partial charge in [0.2, 0.25) is 5.91 Å². The van der Waals surface area contributed by atoms with E-state index >= 15 is 0 Å². The average Bonchev–Trinajstić information content (AvgIpc) is 3.58. The first-order valence-corrected chi connectivity index (χ1v) is 11.9. The highest BCUT2D eigenvalue weighted by Crippen LogP contribution is 2.32. The lowest BCUT2D eigenvalue weighted by Gasteiger charge is -2.09. The van der Waals surface area contributed by atoms with Gasteiger partial charge in [0.25, 0.3) is 10.0 Å². The molecule has 1 fully saturated rings. The molecular formula is C24H23N3O5S. The minimum absolute atomic E-state index is 0.0334. The Morgan fingerprint density at radius 1 is 1.03 bits per heavy atom. The third kappa shape index (κ3) is 5.38. The van der Waals surface area contributed by atoms with E-state index in [4.69, 9.17) is 4.52 Å². The molecule has 1 aliphatic carbocycles. The summed E-state index contributed by atoms with van der Waals surface area (Å²) in [5.74, 6) is 0.361. The number of rotatable bonds is 8. The van der Waals surface area contributed by atoms with E-state index in [0.29, 0.717) is 28.4 Å². The SMILES string of the molecule is CC(=O)c1ccc(NS(=O)(=O)c2ccc(C=Cc3onc(C)c3NC(=O)C3CC3)cc2)cc1. The van der Waals surface area contributed by atoms with Gasteiger partial charge in [-0.1, -0.05) is 23.4 Å². The number of ketones is 1. The number of amides is 1. The summed E-state index contributed by atoms with van der Waals surface area (Å²) in [7, 11) is -3.78. The Hall–Kier alpha value is -3.72. The molecule has 0 atom stereocenters. The van der Waals surface area contributed by atoms with Crippen LogP contribution in [0.15, 0.2) is 57.9 Å². The van der Waals surface area contributed by atoms with Crippen molar-refractivity contribution in [1.82, 2.24) is 5.16 Å². The highest BCUT2D eigenvalue weighted by Gasteiger charge is 2.30. The Kier molecular flexibility index (Phi) is 6.15. The zero-order chi connectivity index (χ0) is 23.6. The van der Waals surface area contributed by atoms with Gasteiger partial charge in [-0.2, -0.15) is 0 Å². The van der Waals surface area contributed by atoms with Crippen molar-refractivity contribution in [3.05, 3.63) is 71.1 Å². The van der Waals surface area contributed by atoms with E-state index in [1.54, 1.807) is 55.5 Å². The van der Waals surface area contributed by atoms with Crippen molar-refractivity contribution in [2.45, 2.75) is 31.6 Å². The van der Waals surface area contributed by atoms with Gasteiger partial charge in [-0.05, 0) is 74.7 Å². The minimum Gasteiger partial charge on any atom is -0.354 e. The summed E-state index contributed by atoms with van der Waals surface area (Å²) in [5.41, 5.74) is 2.75. The maximum absolute atomic E-state index is 12.7. The fraction of sp³-hybridized carbons (Fsp3) is 0.208. The molecule has 8 nitrogen and oxygen atoms in total. The molecule has 0 saturated heterocycles. The van der Waals surface area contributed by atoms with Gasteiger partial charge in [0.1, 0.15) is 11.4 Å². The molecule has 0 bridgehead atoms. The first kappa shape index (κ1) is 22.5. The molecule has 1 aromatic heterocycles. The fourth-order valence-electron chi connectivity index (χ4n) is 3.14. The van der Waals surface area contributed by atoms with Crippen molar-refractivity contribution in [2.24, 2.45) is 5.92 Å². The van der Waals surface area contributed by atoms with Crippen LogP contribution in [-0.4, -0.2) is 25.3 Å². The Morgan fingerprint density at radius 3 is 2.30 bits per heavy atom. The molecule has 1 heterocycles. The van der Waals surface area contributed by atoms with E-state index in [1.165, 1.54) is 19.1 Å². The number of anilines is 2. The predicted octanol–water partition coefficient (Wildman–Crippen LogP) is 4.51. The number of nitrogens with zero attached hydrogens (tertiary/aromatic N) is 1. The van der Waals surface area contributed by atoms with Crippen molar-refractivity contribution >= 4 is 45.2 Å². The molecule has 9 heteroatoms. The molecule has 1 amide bonds. The van der Waals surface area contributed by atoms with Crippen molar-refractivity contribution in [3.8, 4) is 0 Å². The van der Waals surface area contributed by atoms with Crippen LogP contribution in [0, 0.1) is 12.8 Å². The monoisotopic (exact) mass is 465 g/mol. The molecule has 3 aromatic rings. The Balaban J connectivity index is 1.45. The zero-order valence-corrected chi connectivity index (χ0v) is 19.0. The van der Waals surface area contributed by atoms with Crippen molar-refractivity contribution in [3.63, 3.8) is 0 Å². The van der Waals surface area contributed by atoms with Crippen LogP contribution in [0.3, 0.4) is 0 Å². The van der Waals surface area contributed by atoms with Crippen LogP contribution in [0.2, 0.25) is 0 Å². The molecule has 170 valence electrons. The molecule has 33 heavy (non-hydrogen) atoms. The van der Waals surface area contributed by atoms with Crippen LogP contribution in [0.1, 0.15) is 47.1 Å². The number of sulfonamides is 1. The second-order valence-corrected chi connectivity index (χ2v) is 9.59. The van der Waals surface area contributed by atoms with E-state index in [2.05, 4.69) is 15.2 Å². The number of nitrogens with one attached hydrogen (secondary N) is 2. The smallest absolute Gasteiger partial charge is 0.261 e. The third-order valence-electron chi connectivity index (χ3n) is 5.25. The Morgan fingerprint density at radius 2 is 1.70 bits per heavy atom. The maximum Gasteiger partial charge on any atom is 0.261 e. The van der Waals surface area contributed by atoms with Gasteiger partial charge in [0.15, 0.2) is 11.5 Å². The summed E-state index contributed by atoms with van der Waals surface area (Å²) >= 11 is 0. The Bertz CT molecular complexity index is 1320. The van der Waals surface area contributed by atoms with E-state index in [-0.39, 0.29) is 22.5 Å². The fourth-order valence-corrected chi connectivity index (χ4v) is 4.20. The van der Waals surface area contributed by atoms with Crippen LogP contribution in [-0.2, 0) is 14.8 Å². The summed E-state index contributed by atoms with van der Waals surface area (Å²) in [6.45, 7) is 3.20. The number of carbonyl (C=O) groups excluding carboxylic acids is 2. The average molecular weight is 466 g/mol. The van der Waals surface area contributed by atoms with Crippen LogP contribution in [0.5, 0.6) is 0 Å². The minimum atomic E-state index is -3.78. The zero-order valence-electron chi connectivity index (χ0n) is 18.2. The standard InChI is InChI=1S/C24H23N3O5S/c1-15-23(25-24(29)19-6-7-19)22(32-26-15)14-5-17-3-12-21(13-4-17)33(30,31)27-20-10-8-18(9-11-20)16(2)28/h3-5,8-14,19,27H,6-7H2,1-2H3,(H,25,29). The molecule has 0 unspecified atom stereocenters. The van der Waals surface area contributed by atoms with Crippen LogP contribution < -0.4 is 10.0 Å². The molecule has 0 radical (unpaired) electrons. The molecule has 2 aromatic carbocycles. The number of aryl methyl sites for hydroxylation is 1. The van der Waals surface area contributed by atoms with Crippen LogP contribution in [0.25, 0.3) is 12.2 Å². The second kappa shape index (κ2) is 9.03. The first-order valence-electron chi connectivity index (χ1n) is 10.4. The number of benzene rings is 2. The van der Waals surface area contributed by atoms with Gasteiger partial charge in [-0.15, -0.1) is 0 Å².